The fourth-order valence-electron chi connectivity index (χ4n) is 3.41. The largest absolute Gasteiger partial charge is 0.336 e. The van der Waals surface area contributed by atoms with Gasteiger partial charge in [0.05, 0.1) is 0 Å². The fraction of sp³-hybridized carbons (Fsp3) is 0.786. The van der Waals surface area contributed by atoms with Crippen LogP contribution in [0.3, 0.4) is 0 Å². The maximum Gasteiger partial charge on any atom is 0.263 e. The Labute approximate surface area is 111 Å². The van der Waals surface area contributed by atoms with Crippen molar-refractivity contribution in [2.45, 2.75) is 63.5 Å². The van der Waals surface area contributed by atoms with Gasteiger partial charge in [-0.25, -0.2) is 4.39 Å². The van der Waals surface area contributed by atoms with Crippen molar-refractivity contribution < 1.29 is 13.7 Å². The molecule has 0 unspecified atom stereocenters. The first kappa shape index (κ1) is 12.8. The van der Waals surface area contributed by atoms with E-state index in [4.69, 9.17) is 4.52 Å². The Morgan fingerprint density at radius 1 is 1.21 bits per heavy atom. The second-order valence-electron chi connectivity index (χ2n) is 6.66. The lowest BCUT2D eigenvalue weighted by Crippen LogP contribution is -2.45. The van der Waals surface area contributed by atoms with E-state index in [1.165, 1.54) is 13.8 Å². The summed E-state index contributed by atoms with van der Waals surface area (Å²) in [5.74, 6) is 0.682. The van der Waals surface area contributed by atoms with Crippen LogP contribution in [0, 0.1) is 5.41 Å². The van der Waals surface area contributed by atoms with Gasteiger partial charge in [0, 0.05) is 10.8 Å². The number of aromatic nitrogens is 2. The van der Waals surface area contributed by atoms with Gasteiger partial charge in [-0.1, -0.05) is 5.16 Å². The molecule has 0 spiro atoms. The van der Waals surface area contributed by atoms with Crippen LogP contribution in [0.5, 0.6) is 0 Å². The molecule has 0 atom stereocenters. The van der Waals surface area contributed by atoms with E-state index >= 15 is 0 Å². The number of aldehydes is 1. The van der Waals surface area contributed by atoms with Crippen molar-refractivity contribution in [3.63, 3.8) is 0 Å². The van der Waals surface area contributed by atoms with Crippen LogP contribution < -0.4 is 0 Å². The number of nitrogens with zero attached hydrogens (tertiary/aromatic N) is 2. The van der Waals surface area contributed by atoms with Crippen LogP contribution in [0.4, 0.5) is 4.39 Å². The first-order valence-electron chi connectivity index (χ1n) is 6.89. The van der Waals surface area contributed by atoms with Crippen molar-refractivity contribution in [2.24, 2.45) is 5.41 Å². The lowest BCUT2D eigenvalue weighted by molar-refractivity contribution is -0.122. The van der Waals surface area contributed by atoms with E-state index in [9.17, 15) is 9.18 Å². The molecule has 0 aromatic carbocycles. The molecular formula is C14H19FN2O2. The zero-order valence-corrected chi connectivity index (χ0v) is 11.4. The highest BCUT2D eigenvalue weighted by molar-refractivity contribution is 5.60. The molecule has 3 aliphatic carbocycles. The molecule has 3 fully saturated rings. The monoisotopic (exact) mass is 266 g/mol. The Hall–Kier alpha value is -1.26. The molecule has 0 aliphatic heterocycles. The Balaban J connectivity index is 1.88. The van der Waals surface area contributed by atoms with E-state index in [2.05, 4.69) is 10.1 Å². The third-order valence-electron chi connectivity index (χ3n) is 4.96. The lowest BCUT2D eigenvalue weighted by atomic mass is 9.54. The van der Waals surface area contributed by atoms with Crippen molar-refractivity contribution in [3.8, 4) is 0 Å². The van der Waals surface area contributed by atoms with Crippen LogP contribution in [0.15, 0.2) is 4.52 Å². The molecule has 2 bridgehead atoms. The minimum atomic E-state index is -1.60. The summed E-state index contributed by atoms with van der Waals surface area (Å²) in [5, 5.41) is 4.01. The fourth-order valence-corrected chi connectivity index (χ4v) is 3.41. The van der Waals surface area contributed by atoms with E-state index in [-0.39, 0.29) is 16.7 Å². The quantitative estimate of drug-likeness (QED) is 0.789. The third-order valence-corrected chi connectivity index (χ3v) is 4.96. The summed E-state index contributed by atoms with van der Waals surface area (Å²) in [6.07, 6.45) is 6.49. The molecule has 1 aromatic rings. The zero-order valence-electron chi connectivity index (χ0n) is 11.4. The minimum absolute atomic E-state index is 0.0506. The van der Waals surface area contributed by atoms with Gasteiger partial charge in [0.15, 0.2) is 11.5 Å². The Morgan fingerprint density at radius 3 is 2.21 bits per heavy atom. The van der Waals surface area contributed by atoms with Crippen molar-refractivity contribution in [1.82, 2.24) is 10.1 Å². The van der Waals surface area contributed by atoms with Crippen LogP contribution in [0.2, 0.25) is 0 Å². The van der Waals surface area contributed by atoms with Gasteiger partial charge in [-0.15, -0.1) is 0 Å². The molecule has 3 aliphatic rings. The molecule has 1 heterocycles. The summed E-state index contributed by atoms with van der Waals surface area (Å²) in [6.45, 7) is 2.84. The summed E-state index contributed by atoms with van der Waals surface area (Å²) in [4.78, 5) is 15.5. The number of fused-ring (bicyclic) bond motifs is 3. The molecule has 0 N–H and O–H groups in total. The Morgan fingerprint density at radius 2 is 1.79 bits per heavy atom. The minimum Gasteiger partial charge on any atom is -0.336 e. The molecule has 0 saturated heterocycles. The SMILES string of the molecule is CC(C)(F)c1nc(C23CCC(C=O)(CC2)CC3)no1. The number of alkyl halides is 1. The second kappa shape index (κ2) is 3.87. The summed E-state index contributed by atoms with van der Waals surface area (Å²) < 4.78 is 18.9. The normalized spacial score (nSPS) is 34.5. The van der Waals surface area contributed by atoms with E-state index in [1.54, 1.807) is 0 Å². The molecule has 104 valence electrons. The summed E-state index contributed by atoms with van der Waals surface area (Å²) in [5.41, 5.74) is -1.82. The van der Waals surface area contributed by atoms with Gasteiger partial charge in [0.2, 0.25) is 0 Å². The summed E-state index contributed by atoms with van der Waals surface area (Å²) in [6, 6.07) is 0. The Bertz CT molecular complexity index is 479. The number of carbonyl (C=O) groups is 1. The predicted molar refractivity (Wildman–Crippen MR) is 66.3 cm³/mol. The molecule has 3 saturated carbocycles. The smallest absolute Gasteiger partial charge is 0.263 e. The molecule has 0 radical (unpaired) electrons. The second-order valence-corrected chi connectivity index (χ2v) is 6.66. The molecule has 19 heavy (non-hydrogen) atoms. The maximum absolute atomic E-state index is 13.8. The van der Waals surface area contributed by atoms with Crippen LogP contribution in [0.25, 0.3) is 0 Å². The maximum atomic E-state index is 13.8. The number of hydrogen-bond acceptors (Lipinski definition) is 4. The number of halogens is 1. The number of carbonyl (C=O) groups excluding carboxylic acids is 1. The molecular weight excluding hydrogens is 247 g/mol. The van der Waals surface area contributed by atoms with Gasteiger partial charge in [-0.05, 0) is 52.4 Å². The highest BCUT2D eigenvalue weighted by Gasteiger charge is 2.51. The van der Waals surface area contributed by atoms with Gasteiger partial charge in [0.25, 0.3) is 5.89 Å². The standard InChI is InChI=1S/C14H19FN2O2/c1-12(2,15)11-16-10(17-19-11)14-6-3-13(9-18,4-7-14)5-8-14/h9H,3-8H2,1-2H3. The van der Waals surface area contributed by atoms with Gasteiger partial charge < -0.3 is 9.32 Å². The Kier molecular flexibility index (Phi) is 2.60. The van der Waals surface area contributed by atoms with Gasteiger partial charge in [0.1, 0.15) is 6.29 Å². The van der Waals surface area contributed by atoms with Crippen LogP contribution in [-0.4, -0.2) is 16.4 Å². The van der Waals surface area contributed by atoms with E-state index in [0.29, 0.717) is 5.82 Å². The first-order valence-corrected chi connectivity index (χ1v) is 6.89. The molecule has 4 nitrogen and oxygen atoms in total. The predicted octanol–water partition coefficient (Wildman–Crippen LogP) is 3.07. The van der Waals surface area contributed by atoms with Crippen LogP contribution in [-0.2, 0) is 15.9 Å². The third kappa shape index (κ3) is 1.90. The average molecular weight is 266 g/mol. The molecule has 4 rings (SSSR count). The van der Waals surface area contributed by atoms with Crippen LogP contribution in [0.1, 0.15) is 64.1 Å². The highest BCUT2D eigenvalue weighted by Crippen LogP contribution is 2.56. The summed E-state index contributed by atoms with van der Waals surface area (Å²) in [7, 11) is 0. The topological polar surface area (TPSA) is 56.0 Å². The van der Waals surface area contributed by atoms with Gasteiger partial charge in [-0.3, -0.25) is 0 Å². The zero-order chi connectivity index (χ0) is 13.7. The van der Waals surface area contributed by atoms with Crippen molar-refractivity contribution in [2.75, 3.05) is 0 Å². The first-order chi connectivity index (χ1) is 8.89. The summed E-state index contributed by atoms with van der Waals surface area (Å²) >= 11 is 0. The van der Waals surface area contributed by atoms with Gasteiger partial charge >= 0.3 is 0 Å². The van der Waals surface area contributed by atoms with Crippen molar-refractivity contribution in [1.29, 1.82) is 0 Å². The molecule has 0 amide bonds. The number of hydrogen-bond donors (Lipinski definition) is 0. The van der Waals surface area contributed by atoms with Gasteiger partial charge in [-0.2, -0.15) is 4.98 Å². The highest BCUT2D eigenvalue weighted by atomic mass is 19.1. The van der Waals surface area contributed by atoms with E-state index in [1.807, 2.05) is 0 Å². The number of rotatable bonds is 3. The van der Waals surface area contributed by atoms with E-state index < -0.39 is 5.67 Å². The van der Waals surface area contributed by atoms with Crippen LogP contribution >= 0.6 is 0 Å². The lowest BCUT2D eigenvalue weighted by Gasteiger charge is -2.49. The van der Waals surface area contributed by atoms with Crippen molar-refractivity contribution >= 4 is 6.29 Å². The van der Waals surface area contributed by atoms with E-state index in [0.717, 1.165) is 44.8 Å². The van der Waals surface area contributed by atoms with Crippen molar-refractivity contribution in [3.05, 3.63) is 11.7 Å². The average Bonchev–Trinajstić information content (AvgIpc) is 2.91. The molecule has 5 heteroatoms. The molecule has 1 aromatic heterocycles.